The molecule has 10 amide bonds. The average Bonchev–Trinajstić information content (AvgIpc) is 3.78. The molecule has 0 aromatic heterocycles. The minimum absolute atomic E-state index is 0.102. The summed E-state index contributed by atoms with van der Waals surface area (Å²) < 4.78 is 0. The average molecular weight is 976 g/mol. The fourth-order valence-electron chi connectivity index (χ4n) is 7.11. The molecule has 1 aliphatic heterocycles. The summed E-state index contributed by atoms with van der Waals surface area (Å²) in [6.07, 6.45) is -4.50. The van der Waals surface area contributed by atoms with E-state index < -0.39 is 176 Å². The zero-order valence-electron chi connectivity index (χ0n) is 38.6. The van der Waals surface area contributed by atoms with Crippen LogP contribution in [0.2, 0.25) is 0 Å². The summed E-state index contributed by atoms with van der Waals surface area (Å²) in [4.78, 5) is 156. The van der Waals surface area contributed by atoms with Crippen LogP contribution in [0.1, 0.15) is 90.5 Å². The van der Waals surface area contributed by atoms with Crippen LogP contribution in [-0.4, -0.2) is 152 Å². The van der Waals surface area contributed by atoms with Gasteiger partial charge in [-0.1, -0.05) is 50.6 Å². The number of carboxylic acid groups (broad SMARTS) is 2. The van der Waals surface area contributed by atoms with E-state index in [0.29, 0.717) is 12.0 Å². The van der Waals surface area contributed by atoms with Gasteiger partial charge in [0.05, 0.1) is 12.5 Å². The molecule has 382 valence electrons. The van der Waals surface area contributed by atoms with Crippen LogP contribution in [-0.2, 0) is 64.0 Å². The van der Waals surface area contributed by atoms with Gasteiger partial charge in [0.2, 0.25) is 59.1 Å². The van der Waals surface area contributed by atoms with Gasteiger partial charge in [0.1, 0.15) is 48.3 Å². The Labute approximate surface area is 397 Å². The number of rotatable bonds is 30. The summed E-state index contributed by atoms with van der Waals surface area (Å²) in [5, 5.41) is 43.3. The Morgan fingerprint density at radius 2 is 1.13 bits per heavy atom. The molecule has 0 unspecified atom stereocenters. The summed E-state index contributed by atoms with van der Waals surface area (Å²) in [5.41, 5.74) is 22.1. The van der Waals surface area contributed by atoms with Gasteiger partial charge in [-0.3, -0.25) is 52.7 Å². The third kappa shape index (κ3) is 19.5. The summed E-state index contributed by atoms with van der Waals surface area (Å²) in [6.45, 7) is 4.64. The molecule has 26 heteroatoms. The van der Waals surface area contributed by atoms with E-state index in [9.17, 15) is 72.9 Å². The smallest absolute Gasteiger partial charge is 0.326 e. The number of nitrogens with two attached hydrogens (primary N) is 4. The maximum atomic E-state index is 14.2. The molecule has 0 saturated carbocycles. The molecule has 1 fully saturated rings. The maximum Gasteiger partial charge on any atom is 0.326 e. The van der Waals surface area contributed by atoms with Crippen molar-refractivity contribution in [1.29, 1.82) is 0 Å². The molecule has 10 atom stereocenters. The monoisotopic (exact) mass is 975 g/mol. The molecule has 0 bridgehead atoms. The van der Waals surface area contributed by atoms with E-state index in [1.54, 1.807) is 44.2 Å². The minimum atomic E-state index is -1.81. The lowest BCUT2D eigenvalue weighted by atomic mass is 9.96. The van der Waals surface area contributed by atoms with Crippen molar-refractivity contribution >= 4 is 71.0 Å². The highest BCUT2D eigenvalue weighted by Crippen LogP contribution is 2.20. The van der Waals surface area contributed by atoms with E-state index in [1.165, 1.54) is 6.92 Å². The number of aliphatic hydroxyl groups excluding tert-OH is 1. The topological polar surface area (TPSA) is 445 Å². The summed E-state index contributed by atoms with van der Waals surface area (Å²) in [7, 11) is 0. The van der Waals surface area contributed by atoms with Gasteiger partial charge in [-0.25, -0.2) is 4.79 Å². The number of aliphatic hydroxyl groups is 1. The van der Waals surface area contributed by atoms with Gasteiger partial charge in [-0.15, -0.1) is 0 Å². The normalized spacial score (nSPS) is 17.1. The van der Waals surface area contributed by atoms with Crippen molar-refractivity contribution in [2.75, 3.05) is 6.54 Å². The van der Waals surface area contributed by atoms with E-state index in [2.05, 4.69) is 31.9 Å². The number of carbonyl (C=O) groups excluding carboxylic acids is 10. The van der Waals surface area contributed by atoms with Crippen molar-refractivity contribution in [1.82, 2.24) is 36.8 Å². The van der Waals surface area contributed by atoms with Crippen LogP contribution in [0.5, 0.6) is 0 Å². The van der Waals surface area contributed by atoms with Crippen molar-refractivity contribution in [3.05, 3.63) is 35.9 Å². The van der Waals surface area contributed by atoms with Crippen molar-refractivity contribution < 1.29 is 72.9 Å². The first-order valence-electron chi connectivity index (χ1n) is 22.3. The molecule has 0 spiro atoms. The van der Waals surface area contributed by atoms with E-state index in [4.69, 9.17) is 22.9 Å². The molecule has 2 rings (SSSR count). The second-order valence-corrected chi connectivity index (χ2v) is 16.8. The van der Waals surface area contributed by atoms with E-state index in [-0.39, 0.29) is 25.8 Å². The molecule has 69 heavy (non-hydrogen) atoms. The van der Waals surface area contributed by atoms with Crippen LogP contribution < -0.4 is 54.8 Å². The highest BCUT2D eigenvalue weighted by Gasteiger charge is 2.40. The fraction of sp³-hybridized carbons (Fsp3) is 0.581. The third-order valence-electron chi connectivity index (χ3n) is 11.3. The van der Waals surface area contributed by atoms with Crippen molar-refractivity contribution in [2.24, 2.45) is 28.9 Å². The summed E-state index contributed by atoms with van der Waals surface area (Å²) in [5.74, 6) is -13.3. The molecule has 17 N–H and O–H groups in total. The first kappa shape index (κ1) is 57.9. The zero-order chi connectivity index (χ0) is 52.1. The Kier molecular flexibility index (Phi) is 23.7. The van der Waals surface area contributed by atoms with Crippen LogP contribution in [0.15, 0.2) is 30.3 Å². The molecule has 0 aliphatic carbocycles. The van der Waals surface area contributed by atoms with Crippen LogP contribution in [0.3, 0.4) is 0 Å². The van der Waals surface area contributed by atoms with Crippen LogP contribution in [0, 0.1) is 5.92 Å². The third-order valence-corrected chi connectivity index (χ3v) is 11.3. The number of primary amides is 3. The molecular formula is C43H65N11O15. The number of aliphatic carboxylic acids is 2. The number of hydrogen-bond donors (Lipinski definition) is 13. The summed E-state index contributed by atoms with van der Waals surface area (Å²) >= 11 is 0. The highest BCUT2D eigenvalue weighted by molar-refractivity contribution is 5.98. The van der Waals surface area contributed by atoms with Gasteiger partial charge in [-0.05, 0) is 50.5 Å². The Morgan fingerprint density at radius 3 is 1.61 bits per heavy atom. The number of carboxylic acids is 2. The molecule has 1 saturated heterocycles. The number of likely N-dealkylation sites (tertiary alicyclic amines) is 1. The van der Waals surface area contributed by atoms with Gasteiger partial charge in [0.15, 0.2) is 0 Å². The van der Waals surface area contributed by atoms with Gasteiger partial charge in [0.25, 0.3) is 0 Å². The lowest BCUT2D eigenvalue weighted by molar-refractivity contribution is -0.144. The number of nitrogens with zero attached hydrogens (tertiary/aromatic N) is 1. The Hall–Kier alpha value is -7.22. The second-order valence-electron chi connectivity index (χ2n) is 16.8. The number of benzene rings is 1. The quantitative estimate of drug-likeness (QED) is 0.0344. The predicted molar refractivity (Wildman–Crippen MR) is 241 cm³/mol. The van der Waals surface area contributed by atoms with Gasteiger partial charge < -0.3 is 75.1 Å². The standard InChI is InChI=1S/C43H65N11O15/c1-4-21(2)35(41(66)51-27(19-23-9-6-5-7-10-23)39(64)49-24(12-15-30(44)56)37(62)52-28(43(68)69)20-32(46)58)53-38(63)25(13-16-31(45)57)48-36(61)26(14-17-33(59)60)50-40(65)29-11-8-18-54(29)42(67)34(47)22(3)55/h5-7,9-10,21-22,24-29,34-35,55H,4,8,11-20,47H2,1-3H3,(H2,44,56)(H2,45,57)(H2,46,58)(H,48,61)(H,49,64)(H,50,65)(H,51,66)(H,52,62)(H,53,63)(H,59,60)(H,68,69)/t21-,22+,24-,25-,26-,27-,28-,29-,34-,35-/m0/s1. The minimum Gasteiger partial charge on any atom is -0.481 e. The largest absolute Gasteiger partial charge is 0.481 e. The predicted octanol–water partition coefficient (Wildman–Crippen LogP) is -4.76. The van der Waals surface area contributed by atoms with Gasteiger partial charge in [-0.2, -0.15) is 0 Å². The van der Waals surface area contributed by atoms with Gasteiger partial charge in [0, 0.05) is 32.2 Å². The van der Waals surface area contributed by atoms with Crippen LogP contribution in [0.4, 0.5) is 0 Å². The molecule has 1 aromatic rings. The lowest BCUT2D eigenvalue weighted by Gasteiger charge is -2.30. The van der Waals surface area contributed by atoms with Gasteiger partial charge >= 0.3 is 11.9 Å². The molecular weight excluding hydrogens is 911 g/mol. The number of carbonyl (C=O) groups is 12. The maximum absolute atomic E-state index is 14.2. The SMILES string of the molecule is CC[C@H](C)[C@H](NC(=O)[C@H](CCC(N)=O)NC(=O)[C@H](CCC(=O)O)NC(=O)[C@@H]1CCCN1C(=O)[C@@H](N)[C@@H](C)O)C(=O)N[C@@H](Cc1ccccc1)C(=O)N[C@@H](CCC(N)=O)C(=O)N[C@@H](CC(N)=O)C(=O)O. The van der Waals surface area contributed by atoms with E-state index in [1.807, 2.05) is 0 Å². The number of amides is 10. The Morgan fingerprint density at radius 1 is 0.652 bits per heavy atom. The van der Waals surface area contributed by atoms with Crippen molar-refractivity contribution in [2.45, 2.75) is 146 Å². The first-order valence-corrected chi connectivity index (χ1v) is 22.3. The van der Waals surface area contributed by atoms with E-state index in [0.717, 1.165) is 4.90 Å². The first-order chi connectivity index (χ1) is 32.4. The second kappa shape index (κ2) is 28.2. The van der Waals surface area contributed by atoms with Crippen LogP contribution in [0.25, 0.3) is 0 Å². The molecule has 26 nitrogen and oxygen atoms in total. The van der Waals surface area contributed by atoms with E-state index >= 15 is 0 Å². The molecule has 1 aliphatic rings. The number of hydrogen-bond acceptors (Lipinski definition) is 14. The molecule has 1 heterocycles. The molecule has 1 aromatic carbocycles. The number of nitrogens with one attached hydrogen (secondary N) is 6. The van der Waals surface area contributed by atoms with Crippen molar-refractivity contribution in [3.63, 3.8) is 0 Å². The Bertz CT molecular complexity index is 2040. The zero-order valence-corrected chi connectivity index (χ0v) is 38.6. The summed E-state index contributed by atoms with van der Waals surface area (Å²) in [6, 6.07) is -3.99. The fourth-order valence-corrected chi connectivity index (χ4v) is 7.11. The van der Waals surface area contributed by atoms with Crippen molar-refractivity contribution in [3.8, 4) is 0 Å². The Balaban J connectivity index is 2.46. The van der Waals surface area contributed by atoms with Crippen LogP contribution >= 0.6 is 0 Å². The lowest BCUT2D eigenvalue weighted by Crippen LogP contribution is -2.61. The molecule has 0 radical (unpaired) electrons. The highest BCUT2D eigenvalue weighted by atomic mass is 16.4.